The van der Waals surface area contributed by atoms with Gasteiger partial charge in [0.1, 0.15) is 12.4 Å². The molecule has 6 heteroatoms. The molecule has 0 spiro atoms. The van der Waals surface area contributed by atoms with Crippen LogP contribution in [-0.2, 0) is 16.1 Å². The largest absolute Gasteiger partial charge is 0.508 e. The Balaban J connectivity index is 2.39. The number of benzene rings is 2. The molecule has 2 aromatic rings. The third-order valence-electron chi connectivity index (χ3n) is 3.19. The second kappa shape index (κ2) is 5.63. The van der Waals surface area contributed by atoms with Crippen LogP contribution in [0.25, 0.3) is 10.8 Å². The number of nitrogens with zero attached hydrogens (tertiary/aromatic N) is 1. The molecule has 22 heavy (non-hydrogen) atoms. The lowest BCUT2D eigenvalue weighted by atomic mass is 9.97. The maximum absolute atomic E-state index is 11.8. The molecule has 0 heterocycles. The summed E-state index contributed by atoms with van der Waals surface area (Å²) in [6.07, 6.45) is 0. The third kappa shape index (κ3) is 3.33. The summed E-state index contributed by atoms with van der Waals surface area (Å²) in [5.41, 5.74) is -0.488. The van der Waals surface area contributed by atoms with Crippen LogP contribution in [0.5, 0.6) is 5.75 Å². The van der Waals surface area contributed by atoms with Crippen LogP contribution >= 0.6 is 0 Å². The fourth-order valence-electron chi connectivity index (χ4n) is 1.97. The first-order valence-corrected chi connectivity index (χ1v) is 6.76. The fraction of sp³-hybridized carbons (Fsp3) is 0.312. The number of phenols is 1. The van der Waals surface area contributed by atoms with Crippen LogP contribution in [0.2, 0.25) is 0 Å². The van der Waals surface area contributed by atoms with E-state index in [1.54, 1.807) is 32.9 Å². The minimum absolute atomic E-state index is 0.0358. The van der Waals surface area contributed by atoms with E-state index in [1.807, 2.05) is 0 Å². The van der Waals surface area contributed by atoms with Gasteiger partial charge in [0.05, 0.1) is 15.9 Å². The Morgan fingerprint density at radius 2 is 1.91 bits per heavy atom. The van der Waals surface area contributed by atoms with Crippen molar-refractivity contribution in [1.29, 1.82) is 0 Å². The van der Waals surface area contributed by atoms with Crippen molar-refractivity contribution in [2.24, 2.45) is 5.41 Å². The number of carbonyl (C=O) groups excluding carboxylic acids is 1. The Hall–Kier alpha value is -2.63. The van der Waals surface area contributed by atoms with Crippen molar-refractivity contribution in [2.75, 3.05) is 0 Å². The van der Waals surface area contributed by atoms with Crippen molar-refractivity contribution >= 4 is 22.4 Å². The number of phenolic OH excluding ortho intramolecular Hbond substituents is 1. The van der Waals surface area contributed by atoms with E-state index in [0.717, 1.165) is 5.39 Å². The van der Waals surface area contributed by atoms with E-state index in [9.17, 15) is 20.0 Å². The zero-order chi connectivity index (χ0) is 16.5. The third-order valence-corrected chi connectivity index (χ3v) is 3.19. The fourth-order valence-corrected chi connectivity index (χ4v) is 1.97. The maximum atomic E-state index is 11.8. The molecular weight excluding hydrogens is 286 g/mol. The smallest absolute Gasteiger partial charge is 0.311 e. The number of esters is 1. The molecule has 2 aromatic carbocycles. The highest BCUT2D eigenvalue weighted by atomic mass is 16.6. The highest BCUT2D eigenvalue weighted by molar-refractivity contribution is 5.87. The first kappa shape index (κ1) is 15.8. The van der Waals surface area contributed by atoms with Gasteiger partial charge < -0.3 is 9.84 Å². The number of ether oxygens (including phenoxy) is 1. The molecule has 0 atom stereocenters. The molecule has 0 saturated heterocycles. The first-order valence-electron chi connectivity index (χ1n) is 6.76. The van der Waals surface area contributed by atoms with Crippen LogP contribution in [0, 0.1) is 15.5 Å². The Labute approximate surface area is 127 Å². The minimum atomic E-state index is -0.669. The quantitative estimate of drug-likeness (QED) is 0.532. The van der Waals surface area contributed by atoms with Gasteiger partial charge in [0.15, 0.2) is 0 Å². The topological polar surface area (TPSA) is 89.7 Å². The summed E-state index contributed by atoms with van der Waals surface area (Å²) in [5.74, 6) is -0.388. The molecule has 0 fully saturated rings. The predicted molar refractivity (Wildman–Crippen MR) is 81.5 cm³/mol. The molecule has 0 aliphatic carbocycles. The zero-order valence-corrected chi connectivity index (χ0v) is 12.6. The molecule has 0 aromatic heterocycles. The highest BCUT2D eigenvalue weighted by Crippen LogP contribution is 2.29. The van der Waals surface area contributed by atoms with Crippen LogP contribution in [0.1, 0.15) is 26.3 Å². The van der Waals surface area contributed by atoms with Gasteiger partial charge in [-0.25, -0.2) is 0 Å². The van der Waals surface area contributed by atoms with Gasteiger partial charge in [-0.3, -0.25) is 14.9 Å². The zero-order valence-electron chi connectivity index (χ0n) is 12.6. The van der Waals surface area contributed by atoms with Crippen LogP contribution in [0.4, 0.5) is 5.69 Å². The van der Waals surface area contributed by atoms with Gasteiger partial charge in [-0.05, 0) is 49.7 Å². The van der Waals surface area contributed by atoms with E-state index in [0.29, 0.717) is 10.9 Å². The average molecular weight is 303 g/mol. The molecule has 0 aliphatic heterocycles. The number of nitro benzene ring substituents is 1. The normalized spacial score (nSPS) is 11.4. The average Bonchev–Trinajstić information content (AvgIpc) is 2.42. The SMILES string of the molecule is CC(C)(C)C(=O)OCc1cc2ccc(O)cc2cc1[N+](=O)[O-]. The lowest BCUT2D eigenvalue weighted by molar-refractivity contribution is -0.385. The second-order valence-corrected chi connectivity index (χ2v) is 6.10. The molecule has 0 unspecified atom stereocenters. The Morgan fingerprint density at radius 1 is 1.23 bits per heavy atom. The van der Waals surface area contributed by atoms with Crippen molar-refractivity contribution in [3.8, 4) is 5.75 Å². The lowest BCUT2D eigenvalue weighted by Gasteiger charge is -2.16. The van der Waals surface area contributed by atoms with Crippen molar-refractivity contribution in [2.45, 2.75) is 27.4 Å². The molecule has 1 N–H and O–H groups in total. The number of aromatic hydroxyl groups is 1. The van der Waals surface area contributed by atoms with Gasteiger partial charge in [0.25, 0.3) is 5.69 Å². The van der Waals surface area contributed by atoms with Gasteiger partial charge in [0.2, 0.25) is 0 Å². The molecule has 0 amide bonds. The molecule has 116 valence electrons. The van der Waals surface area contributed by atoms with Crippen LogP contribution in [0.3, 0.4) is 0 Å². The van der Waals surface area contributed by atoms with Crippen molar-refractivity contribution in [1.82, 2.24) is 0 Å². The summed E-state index contributed by atoms with van der Waals surface area (Å²) in [4.78, 5) is 22.5. The maximum Gasteiger partial charge on any atom is 0.311 e. The van der Waals surface area contributed by atoms with E-state index < -0.39 is 16.3 Å². The number of rotatable bonds is 3. The summed E-state index contributed by atoms with van der Waals surface area (Å²) in [7, 11) is 0. The number of carbonyl (C=O) groups is 1. The van der Waals surface area contributed by atoms with Crippen LogP contribution in [-0.4, -0.2) is 16.0 Å². The number of fused-ring (bicyclic) bond motifs is 1. The van der Waals surface area contributed by atoms with Crippen molar-refractivity contribution < 1.29 is 19.6 Å². The Kier molecular flexibility index (Phi) is 4.03. The Bertz CT molecular complexity index is 746. The Morgan fingerprint density at radius 3 is 2.50 bits per heavy atom. The van der Waals surface area contributed by atoms with E-state index in [4.69, 9.17) is 4.74 Å². The van der Waals surface area contributed by atoms with Crippen molar-refractivity contribution in [3.05, 3.63) is 46.0 Å². The number of hydrogen-bond donors (Lipinski definition) is 1. The summed E-state index contributed by atoms with van der Waals surface area (Å²) >= 11 is 0. The van der Waals surface area contributed by atoms with Gasteiger partial charge in [-0.2, -0.15) is 0 Å². The number of hydrogen-bond acceptors (Lipinski definition) is 5. The summed E-state index contributed by atoms with van der Waals surface area (Å²) in [5, 5.41) is 21.9. The van der Waals surface area contributed by atoms with Gasteiger partial charge in [-0.15, -0.1) is 0 Å². The summed E-state index contributed by atoms with van der Waals surface area (Å²) in [6, 6.07) is 7.58. The molecule has 2 rings (SSSR count). The van der Waals surface area contributed by atoms with Gasteiger partial charge in [0, 0.05) is 6.07 Å². The van der Waals surface area contributed by atoms with Crippen LogP contribution in [0.15, 0.2) is 30.3 Å². The lowest BCUT2D eigenvalue weighted by Crippen LogP contribution is -2.22. The molecule has 6 nitrogen and oxygen atoms in total. The first-order chi connectivity index (χ1) is 10.2. The van der Waals surface area contributed by atoms with Crippen molar-refractivity contribution in [3.63, 3.8) is 0 Å². The summed E-state index contributed by atoms with van der Waals surface area (Å²) < 4.78 is 5.16. The van der Waals surface area contributed by atoms with E-state index in [2.05, 4.69) is 0 Å². The molecular formula is C16H17NO5. The highest BCUT2D eigenvalue weighted by Gasteiger charge is 2.24. The van der Waals surface area contributed by atoms with Crippen LogP contribution < -0.4 is 0 Å². The molecule has 0 bridgehead atoms. The molecule has 0 saturated carbocycles. The molecule has 0 radical (unpaired) electrons. The van der Waals surface area contributed by atoms with Gasteiger partial charge >= 0.3 is 5.97 Å². The minimum Gasteiger partial charge on any atom is -0.508 e. The van der Waals surface area contributed by atoms with E-state index in [-0.39, 0.29) is 18.0 Å². The standard InChI is InChI=1S/C16H17NO5/c1-16(2,3)15(19)22-9-12-6-10-4-5-13(18)7-11(10)8-14(12)17(20)21/h4-8,18H,9H2,1-3H3. The van der Waals surface area contributed by atoms with E-state index in [1.165, 1.54) is 18.2 Å². The number of nitro groups is 1. The predicted octanol–water partition coefficient (Wildman–Crippen LogP) is 3.54. The molecule has 0 aliphatic rings. The summed E-state index contributed by atoms with van der Waals surface area (Å²) in [6.45, 7) is 4.98. The van der Waals surface area contributed by atoms with Gasteiger partial charge in [-0.1, -0.05) is 6.07 Å². The second-order valence-electron chi connectivity index (χ2n) is 6.10. The van der Waals surface area contributed by atoms with E-state index >= 15 is 0 Å². The monoisotopic (exact) mass is 303 g/mol.